The van der Waals surface area contributed by atoms with E-state index in [0.29, 0.717) is 29.4 Å². The number of nitrogens with zero attached hydrogens (tertiary/aromatic N) is 2. The number of aliphatic imine (C=N–C) groups is 1. The average Bonchev–Trinajstić information content (AvgIpc) is 3.02. The molecular weight excluding hydrogens is 514 g/mol. The van der Waals surface area contributed by atoms with E-state index in [1.165, 1.54) is 6.07 Å². The number of rotatable bonds is 5. The standard InChI is InChI=1S/C18H24BrFN4O.HI/c1-5-21-17(23-9-12-6-7-13(19)14(20)8-12)24-11-16-22-10-15(25-16)18(2,3)4;/h6-8,10H,5,9,11H2,1-4H3,(H2,21,23,24);1H. The van der Waals surface area contributed by atoms with Crippen molar-refractivity contribution in [3.8, 4) is 0 Å². The smallest absolute Gasteiger partial charge is 0.213 e. The molecular formula is C18H25BrFIN4O. The van der Waals surface area contributed by atoms with E-state index in [1.807, 2.05) is 13.0 Å². The third kappa shape index (κ3) is 6.86. The minimum Gasteiger partial charge on any atom is -0.443 e. The van der Waals surface area contributed by atoms with Crippen LogP contribution in [0.3, 0.4) is 0 Å². The van der Waals surface area contributed by atoms with E-state index in [-0.39, 0.29) is 35.2 Å². The quantitative estimate of drug-likeness (QED) is 0.328. The molecule has 0 aliphatic carbocycles. The average molecular weight is 539 g/mol. The topological polar surface area (TPSA) is 62.5 Å². The van der Waals surface area contributed by atoms with Crippen molar-refractivity contribution in [3.63, 3.8) is 0 Å². The molecule has 0 aliphatic heterocycles. The number of hydrogen-bond donors (Lipinski definition) is 2. The normalized spacial score (nSPS) is 11.8. The Bertz CT molecular complexity index is 743. The maximum atomic E-state index is 13.6. The van der Waals surface area contributed by atoms with Gasteiger partial charge in [-0.25, -0.2) is 14.4 Å². The molecule has 0 fully saturated rings. The van der Waals surface area contributed by atoms with E-state index in [4.69, 9.17) is 4.42 Å². The molecule has 0 amide bonds. The zero-order chi connectivity index (χ0) is 18.4. The molecule has 0 saturated carbocycles. The minimum atomic E-state index is -0.292. The summed E-state index contributed by atoms with van der Waals surface area (Å²) in [4.78, 5) is 8.76. The lowest BCUT2D eigenvalue weighted by Crippen LogP contribution is -2.36. The highest BCUT2D eigenvalue weighted by atomic mass is 127. The summed E-state index contributed by atoms with van der Waals surface area (Å²) in [7, 11) is 0. The van der Waals surface area contributed by atoms with Crippen molar-refractivity contribution in [1.29, 1.82) is 0 Å². The van der Waals surface area contributed by atoms with E-state index in [0.717, 1.165) is 17.9 Å². The van der Waals surface area contributed by atoms with Crippen molar-refractivity contribution in [1.82, 2.24) is 15.6 Å². The largest absolute Gasteiger partial charge is 0.443 e. The number of halogens is 3. The lowest BCUT2D eigenvalue weighted by atomic mass is 9.94. The molecule has 0 atom stereocenters. The fourth-order valence-corrected chi connectivity index (χ4v) is 2.29. The molecule has 1 aromatic heterocycles. The fourth-order valence-electron chi connectivity index (χ4n) is 2.05. The zero-order valence-electron chi connectivity index (χ0n) is 15.4. The lowest BCUT2D eigenvalue weighted by molar-refractivity contribution is 0.379. The molecule has 2 aromatic rings. The Hall–Kier alpha value is -1.16. The second kappa shape index (κ2) is 10.2. The van der Waals surface area contributed by atoms with Crippen molar-refractivity contribution in [2.45, 2.75) is 46.2 Å². The van der Waals surface area contributed by atoms with Gasteiger partial charge >= 0.3 is 0 Å². The third-order valence-electron chi connectivity index (χ3n) is 3.45. The molecule has 1 heterocycles. The van der Waals surface area contributed by atoms with Crippen molar-refractivity contribution in [2.75, 3.05) is 6.54 Å². The summed E-state index contributed by atoms with van der Waals surface area (Å²) < 4.78 is 19.8. The molecule has 5 nitrogen and oxygen atoms in total. The number of hydrogen-bond acceptors (Lipinski definition) is 3. The molecule has 0 aliphatic rings. The molecule has 144 valence electrons. The number of oxazole rings is 1. The van der Waals surface area contributed by atoms with Gasteiger partial charge in [-0.15, -0.1) is 24.0 Å². The highest BCUT2D eigenvalue weighted by Gasteiger charge is 2.19. The van der Waals surface area contributed by atoms with Crippen LogP contribution in [0, 0.1) is 5.82 Å². The van der Waals surface area contributed by atoms with Gasteiger partial charge in [-0.2, -0.15) is 0 Å². The van der Waals surface area contributed by atoms with Gasteiger partial charge in [-0.1, -0.05) is 26.8 Å². The highest BCUT2D eigenvalue weighted by Crippen LogP contribution is 2.22. The van der Waals surface area contributed by atoms with Crippen molar-refractivity contribution >= 4 is 45.9 Å². The monoisotopic (exact) mass is 538 g/mol. The van der Waals surface area contributed by atoms with Crippen LogP contribution in [0.1, 0.15) is 44.9 Å². The van der Waals surface area contributed by atoms with Gasteiger partial charge in [0, 0.05) is 12.0 Å². The molecule has 2 N–H and O–H groups in total. The molecule has 0 unspecified atom stereocenters. The van der Waals surface area contributed by atoms with Crippen molar-refractivity contribution < 1.29 is 8.81 Å². The van der Waals surface area contributed by atoms with Crippen molar-refractivity contribution in [3.05, 3.63) is 51.9 Å². The lowest BCUT2D eigenvalue weighted by Gasteiger charge is -2.13. The van der Waals surface area contributed by atoms with Crippen LogP contribution in [0.4, 0.5) is 4.39 Å². The van der Waals surface area contributed by atoms with Crippen LogP contribution in [0.25, 0.3) is 0 Å². The van der Waals surface area contributed by atoms with E-state index in [1.54, 1.807) is 12.3 Å². The van der Waals surface area contributed by atoms with E-state index in [9.17, 15) is 4.39 Å². The van der Waals surface area contributed by atoms with Gasteiger partial charge in [0.2, 0.25) is 5.89 Å². The first-order chi connectivity index (χ1) is 11.8. The molecule has 0 saturated heterocycles. The van der Waals surface area contributed by atoms with Gasteiger partial charge in [0.25, 0.3) is 0 Å². The molecule has 2 rings (SSSR count). The van der Waals surface area contributed by atoms with Gasteiger partial charge in [-0.05, 0) is 40.5 Å². The maximum Gasteiger partial charge on any atom is 0.213 e. The van der Waals surface area contributed by atoms with Crippen LogP contribution in [-0.4, -0.2) is 17.5 Å². The molecule has 0 spiro atoms. The summed E-state index contributed by atoms with van der Waals surface area (Å²) in [6.07, 6.45) is 1.76. The predicted octanol–water partition coefficient (Wildman–Crippen LogP) is 4.75. The Morgan fingerprint density at radius 2 is 2.04 bits per heavy atom. The van der Waals surface area contributed by atoms with E-state index in [2.05, 4.69) is 57.3 Å². The zero-order valence-corrected chi connectivity index (χ0v) is 19.3. The number of guanidine groups is 1. The number of nitrogens with one attached hydrogen (secondary N) is 2. The van der Waals surface area contributed by atoms with E-state index >= 15 is 0 Å². The van der Waals surface area contributed by atoms with Gasteiger partial charge in [0.05, 0.1) is 23.8 Å². The van der Waals surface area contributed by atoms with Crippen LogP contribution < -0.4 is 10.6 Å². The molecule has 1 aromatic carbocycles. The first-order valence-corrected chi connectivity index (χ1v) is 9.00. The Labute approximate surface area is 179 Å². The summed E-state index contributed by atoms with van der Waals surface area (Å²) in [6.45, 7) is 9.74. The molecule has 0 radical (unpaired) electrons. The fraction of sp³-hybridized carbons (Fsp3) is 0.444. The summed E-state index contributed by atoms with van der Waals surface area (Å²) >= 11 is 3.15. The Kier molecular flexibility index (Phi) is 9.02. The third-order valence-corrected chi connectivity index (χ3v) is 4.09. The van der Waals surface area contributed by atoms with Crippen molar-refractivity contribution in [2.24, 2.45) is 4.99 Å². The van der Waals surface area contributed by atoms with E-state index < -0.39 is 0 Å². The predicted molar refractivity (Wildman–Crippen MR) is 116 cm³/mol. The molecule has 0 bridgehead atoms. The van der Waals surface area contributed by atoms with Crippen LogP contribution in [-0.2, 0) is 18.5 Å². The minimum absolute atomic E-state index is 0. The summed E-state index contributed by atoms with van der Waals surface area (Å²) in [6, 6.07) is 4.99. The second-order valence-electron chi connectivity index (χ2n) is 6.67. The SMILES string of the molecule is CCNC(=NCc1ccc(Br)c(F)c1)NCc1ncc(C(C)(C)C)o1.I. The summed E-state index contributed by atoms with van der Waals surface area (Å²) in [5.74, 6) is 1.78. The van der Waals surface area contributed by atoms with Crippen LogP contribution in [0.5, 0.6) is 0 Å². The summed E-state index contributed by atoms with van der Waals surface area (Å²) in [5, 5.41) is 6.33. The Morgan fingerprint density at radius 3 is 2.62 bits per heavy atom. The van der Waals surface area contributed by atoms with Crippen LogP contribution in [0.15, 0.2) is 38.3 Å². The van der Waals surface area contributed by atoms with Gasteiger partial charge in [0.15, 0.2) is 5.96 Å². The first-order valence-electron chi connectivity index (χ1n) is 8.21. The summed E-state index contributed by atoms with van der Waals surface area (Å²) in [5.41, 5.74) is 0.721. The number of aromatic nitrogens is 1. The van der Waals surface area contributed by atoms with Gasteiger partial charge in [-0.3, -0.25) is 0 Å². The van der Waals surface area contributed by atoms with Gasteiger partial charge in [0.1, 0.15) is 11.6 Å². The Balaban J connectivity index is 0.00000338. The number of benzene rings is 1. The van der Waals surface area contributed by atoms with Crippen LogP contribution in [0.2, 0.25) is 0 Å². The maximum absolute atomic E-state index is 13.6. The Morgan fingerprint density at radius 1 is 1.31 bits per heavy atom. The van der Waals surface area contributed by atoms with Gasteiger partial charge < -0.3 is 15.1 Å². The first kappa shape index (κ1) is 22.9. The highest BCUT2D eigenvalue weighted by molar-refractivity contribution is 14.0. The van der Waals surface area contributed by atoms with Crippen LogP contribution >= 0.6 is 39.9 Å². The molecule has 8 heteroatoms. The molecule has 26 heavy (non-hydrogen) atoms. The second-order valence-corrected chi connectivity index (χ2v) is 7.52.